The van der Waals surface area contributed by atoms with Gasteiger partial charge in [0.1, 0.15) is 0 Å². The van der Waals surface area contributed by atoms with Crippen LogP contribution in [0, 0.1) is 0 Å². The SMILES string of the molecule is Clc1ccc(-c2ccccc2N=Nc2ccccc2)cc1Cl. The first-order chi connectivity index (χ1) is 10.7. The molecule has 0 bridgehead atoms. The second-order valence-corrected chi connectivity index (χ2v) is 5.50. The molecule has 0 saturated carbocycles. The molecule has 0 spiro atoms. The van der Waals surface area contributed by atoms with Crippen LogP contribution in [0.5, 0.6) is 0 Å². The number of halogens is 2. The molecule has 4 heteroatoms. The summed E-state index contributed by atoms with van der Waals surface area (Å²) in [7, 11) is 0. The van der Waals surface area contributed by atoms with Gasteiger partial charge in [-0.3, -0.25) is 0 Å². The maximum Gasteiger partial charge on any atom is 0.0935 e. The van der Waals surface area contributed by atoms with Crippen molar-refractivity contribution in [3.05, 3.63) is 82.8 Å². The van der Waals surface area contributed by atoms with Crippen molar-refractivity contribution in [2.45, 2.75) is 0 Å². The van der Waals surface area contributed by atoms with Crippen LogP contribution in [-0.2, 0) is 0 Å². The molecular formula is C18H12Cl2N2. The molecule has 0 aliphatic carbocycles. The largest absolute Gasteiger partial charge is 0.151 e. The van der Waals surface area contributed by atoms with E-state index in [0.717, 1.165) is 22.5 Å². The Labute approximate surface area is 139 Å². The van der Waals surface area contributed by atoms with E-state index in [0.29, 0.717) is 10.0 Å². The molecule has 0 atom stereocenters. The van der Waals surface area contributed by atoms with E-state index < -0.39 is 0 Å². The first kappa shape index (κ1) is 14.8. The molecule has 2 nitrogen and oxygen atoms in total. The second-order valence-electron chi connectivity index (χ2n) is 4.68. The molecule has 0 aliphatic heterocycles. The van der Waals surface area contributed by atoms with Gasteiger partial charge < -0.3 is 0 Å². The Morgan fingerprint density at radius 1 is 0.636 bits per heavy atom. The fourth-order valence-electron chi connectivity index (χ4n) is 2.07. The maximum atomic E-state index is 6.10. The fraction of sp³-hybridized carbons (Fsp3) is 0. The number of azo groups is 1. The molecule has 0 heterocycles. The third-order valence-corrected chi connectivity index (χ3v) is 3.90. The van der Waals surface area contributed by atoms with Crippen LogP contribution >= 0.6 is 23.2 Å². The zero-order valence-corrected chi connectivity index (χ0v) is 13.1. The summed E-state index contributed by atoms with van der Waals surface area (Å²) in [4.78, 5) is 0. The Hall–Kier alpha value is -2.16. The molecule has 0 aliphatic rings. The molecule has 0 aromatic heterocycles. The van der Waals surface area contributed by atoms with E-state index in [-0.39, 0.29) is 0 Å². The zero-order valence-electron chi connectivity index (χ0n) is 11.6. The molecule has 0 unspecified atom stereocenters. The van der Waals surface area contributed by atoms with E-state index in [2.05, 4.69) is 10.2 Å². The van der Waals surface area contributed by atoms with Crippen molar-refractivity contribution in [3.8, 4) is 11.1 Å². The van der Waals surface area contributed by atoms with Crippen LogP contribution < -0.4 is 0 Å². The van der Waals surface area contributed by atoms with E-state index >= 15 is 0 Å². The van der Waals surface area contributed by atoms with Crippen LogP contribution in [0.3, 0.4) is 0 Å². The molecule has 3 rings (SSSR count). The Morgan fingerprint density at radius 2 is 1.36 bits per heavy atom. The highest BCUT2D eigenvalue weighted by atomic mass is 35.5. The molecule has 0 amide bonds. The number of hydrogen-bond donors (Lipinski definition) is 0. The molecule has 0 fully saturated rings. The van der Waals surface area contributed by atoms with Crippen molar-refractivity contribution < 1.29 is 0 Å². The summed E-state index contributed by atoms with van der Waals surface area (Å²) in [5, 5.41) is 9.68. The zero-order chi connectivity index (χ0) is 15.4. The maximum absolute atomic E-state index is 6.10. The molecule has 3 aromatic carbocycles. The van der Waals surface area contributed by atoms with Crippen molar-refractivity contribution in [1.82, 2.24) is 0 Å². The normalized spacial score (nSPS) is 11.0. The van der Waals surface area contributed by atoms with E-state index in [1.807, 2.05) is 66.7 Å². The lowest BCUT2D eigenvalue weighted by Gasteiger charge is -2.06. The van der Waals surface area contributed by atoms with Gasteiger partial charge in [-0.25, -0.2) is 0 Å². The van der Waals surface area contributed by atoms with E-state index in [1.54, 1.807) is 6.07 Å². The van der Waals surface area contributed by atoms with Crippen LogP contribution in [0.4, 0.5) is 11.4 Å². The minimum Gasteiger partial charge on any atom is -0.151 e. The molecular weight excluding hydrogens is 315 g/mol. The summed E-state index contributed by atoms with van der Waals surface area (Å²) in [5.41, 5.74) is 3.51. The van der Waals surface area contributed by atoms with Crippen molar-refractivity contribution >= 4 is 34.6 Å². The van der Waals surface area contributed by atoms with Crippen molar-refractivity contribution in [3.63, 3.8) is 0 Å². The van der Waals surface area contributed by atoms with E-state index in [9.17, 15) is 0 Å². The first-order valence-corrected chi connectivity index (χ1v) is 7.51. The van der Waals surface area contributed by atoms with Crippen molar-refractivity contribution in [2.75, 3.05) is 0 Å². The summed E-state index contributed by atoms with van der Waals surface area (Å²) in [5.74, 6) is 0. The van der Waals surface area contributed by atoms with Crippen LogP contribution in [-0.4, -0.2) is 0 Å². The second kappa shape index (κ2) is 6.73. The average Bonchev–Trinajstić information content (AvgIpc) is 2.57. The summed E-state index contributed by atoms with van der Waals surface area (Å²) >= 11 is 12.1. The summed E-state index contributed by atoms with van der Waals surface area (Å²) in [6.07, 6.45) is 0. The third kappa shape index (κ3) is 3.35. The minimum absolute atomic E-state index is 0.522. The topological polar surface area (TPSA) is 24.7 Å². The Bertz CT molecular complexity index is 814. The molecule has 0 radical (unpaired) electrons. The number of hydrogen-bond acceptors (Lipinski definition) is 2. The quantitative estimate of drug-likeness (QED) is 0.459. The summed E-state index contributed by atoms with van der Waals surface area (Å²) in [6, 6.07) is 23.0. The van der Waals surface area contributed by atoms with Crippen molar-refractivity contribution in [2.24, 2.45) is 10.2 Å². The summed E-state index contributed by atoms with van der Waals surface area (Å²) < 4.78 is 0. The lowest BCUT2D eigenvalue weighted by Crippen LogP contribution is -1.79. The summed E-state index contributed by atoms with van der Waals surface area (Å²) in [6.45, 7) is 0. The highest BCUT2D eigenvalue weighted by Gasteiger charge is 2.06. The van der Waals surface area contributed by atoms with Crippen LogP contribution in [0.25, 0.3) is 11.1 Å². The monoisotopic (exact) mass is 326 g/mol. The fourth-order valence-corrected chi connectivity index (χ4v) is 2.37. The minimum atomic E-state index is 0.522. The predicted molar refractivity (Wildman–Crippen MR) is 92.5 cm³/mol. The van der Waals surface area contributed by atoms with Gasteiger partial charge in [0.15, 0.2) is 0 Å². The van der Waals surface area contributed by atoms with Crippen LogP contribution in [0.15, 0.2) is 83.0 Å². The first-order valence-electron chi connectivity index (χ1n) is 6.75. The number of benzene rings is 3. The molecule has 108 valence electrons. The van der Waals surface area contributed by atoms with Gasteiger partial charge in [-0.05, 0) is 35.9 Å². The molecule has 0 N–H and O–H groups in total. The Balaban J connectivity index is 1.99. The molecule has 0 saturated heterocycles. The lowest BCUT2D eigenvalue weighted by molar-refractivity contribution is 1.23. The highest BCUT2D eigenvalue weighted by Crippen LogP contribution is 2.34. The van der Waals surface area contributed by atoms with Gasteiger partial charge in [0.05, 0.1) is 21.4 Å². The molecule has 3 aromatic rings. The average molecular weight is 327 g/mol. The highest BCUT2D eigenvalue weighted by molar-refractivity contribution is 6.42. The Morgan fingerprint density at radius 3 is 2.14 bits per heavy atom. The standard InChI is InChI=1S/C18H12Cl2N2/c19-16-11-10-13(12-17(16)20)15-8-4-5-9-18(15)22-21-14-6-2-1-3-7-14/h1-12H. The smallest absolute Gasteiger partial charge is 0.0935 e. The Kier molecular flexibility index (Phi) is 4.52. The van der Waals surface area contributed by atoms with Gasteiger partial charge in [-0.1, -0.05) is 65.7 Å². The van der Waals surface area contributed by atoms with Crippen molar-refractivity contribution in [1.29, 1.82) is 0 Å². The number of nitrogens with zero attached hydrogens (tertiary/aromatic N) is 2. The van der Waals surface area contributed by atoms with Gasteiger partial charge in [0.25, 0.3) is 0 Å². The van der Waals surface area contributed by atoms with Gasteiger partial charge in [-0.15, -0.1) is 5.11 Å². The van der Waals surface area contributed by atoms with E-state index in [4.69, 9.17) is 23.2 Å². The van der Waals surface area contributed by atoms with Crippen LogP contribution in [0.1, 0.15) is 0 Å². The van der Waals surface area contributed by atoms with Gasteiger partial charge in [0, 0.05) is 5.56 Å². The number of rotatable bonds is 3. The van der Waals surface area contributed by atoms with Gasteiger partial charge in [-0.2, -0.15) is 5.11 Å². The molecule has 22 heavy (non-hydrogen) atoms. The third-order valence-electron chi connectivity index (χ3n) is 3.16. The van der Waals surface area contributed by atoms with Gasteiger partial charge >= 0.3 is 0 Å². The predicted octanol–water partition coefficient (Wildman–Crippen LogP) is 7.08. The lowest BCUT2D eigenvalue weighted by atomic mass is 10.0. The van der Waals surface area contributed by atoms with E-state index in [1.165, 1.54) is 0 Å². The van der Waals surface area contributed by atoms with Gasteiger partial charge in [0.2, 0.25) is 0 Å². The van der Waals surface area contributed by atoms with Crippen LogP contribution in [0.2, 0.25) is 10.0 Å².